The molecule has 6 aromatic rings. The monoisotopic (exact) mass is 665 g/mol. The van der Waals surface area contributed by atoms with Crippen LogP contribution in [0.5, 0.6) is 0 Å². The molecule has 8 rings (SSSR count). The zero-order valence-electron chi connectivity index (χ0n) is 28.1. The summed E-state index contributed by atoms with van der Waals surface area (Å²) in [6.07, 6.45) is 15.7. The molecule has 0 N–H and O–H groups in total. The molecule has 2 aliphatic carbocycles. The fraction of sp³-hybridized carbons (Fsp3) is 0.111. The normalized spacial score (nSPS) is 17.2. The Labute approximate surface area is 295 Å². The lowest BCUT2D eigenvalue weighted by atomic mass is 9.98. The molecule has 0 bridgehead atoms. The second-order valence-corrected chi connectivity index (χ2v) is 16.9. The first-order valence-electron chi connectivity index (χ1n) is 17.4. The smallest absolute Gasteiger partial charge is 0.247 e. The van der Waals surface area contributed by atoms with Gasteiger partial charge in [0.25, 0.3) is 0 Å². The zero-order valence-corrected chi connectivity index (χ0v) is 29.1. The van der Waals surface area contributed by atoms with Crippen molar-refractivity contribution in [1.29, 1.82) is 0 Å². The van der Waals surface area contributed by atoms with Crippen molar-refractivity contribution in [3.8, 4) is 11.5 Å². The third kappa shape index (κ3) is 6.01. The summed E-state index contributed by atoms with van der Waals surface area (Å²) in [6, 6.07) is 51.9. The van der Waals surface area contributed by atoms with E-state index in [9.17, 15) is 0 Å². The largest absolute Gasteiger partial charge is 0.420 e. The Morgan fingerprint density at radius 1 is 0.580 bits per heavy atom. The number of rotatable bonds is 9. The van der Waals surface area contributed by atoms with E-state index in [4.69, 9.17) is 4.42 Å². The van der Waals surface area contributed by atoms with Gasteiger partial charge in [0.15, 0.2) is 8.07 Å². The van der Waals surface area contributed by atoms with E-state index in [0.29, 0.717) is 17.7 Å². The maximum absolute atomic E-state index is 6.37. The van der Waals surface area contributed by atoms with Crippen molar-refractivity contribution in [2.45, 2.75) is 25.7 Å². The molecule has 1 heterocycles. The summed E-state index contributed by atoms with van der Waals surface area (Å²) < 4.78 is 6.37. The van der Waals surface area contributed by atoms with Gasteiger partial charge in [0.1, 0.15) is 0 Å². The molecule has 244 valence electrons. The van der Waals surface area contributed by atoms with E-state index in [0.717, 1.165) is 35.5 Å². The van der Waals surface area contributed by atoms with Crippen LogP contribution in [-0.4, -0.2) is 18.3 Å². The summed E-state index contributed by atoms with van der Waals surface area (Å²) in [5, 5.41) is 14.6. The van der Waals surface area contributed by atoms with Crippen LogP contribution in [0.3, 0.4) is 0 Å². The summed E-state index contributed by atoms with van der Waals surface area (Å²) in [5.74, 6) is 1.72. The number of benzene rings is 5. The summed E-state index contributed by atoms with van der Waals surface area (Å²) in [7, 11) is -2.58. The molecule has 50 heavy (non-hydrogen) atoms. The highest BCUT2D eigenvalue weighted by Crippen LogP contribution is 2.35. The summed E-state index contributed by atoms with van der Waals surface area (Å²) >= 11 is 0. The molecule has 1 aromatic heterocycles. The predicted octanol–water partition coefficient (Wildman–Crippen LogP) is 9.03. The molecule has 2 atom stereocenters. The van der Waals surface area contributed by atoms with Crippen molar-refractivity contribution in [3.05, 3.63) is 199 Å². The molecule has 0 amide bonds. The van der Waals surface area contributed by atoms with Crippen LogP contribution in [0.1, 0.15) is 31.6 Å². The quantitative estimate of drug-likeness (QED) is 0.114. The highest BCUT2D eigenvalue weighted by molar-refractivity contribution is 7.16. The number of hydrogen-bond acceptors (Lipinski definition) is 4. The van der Waals surface area contributed by atoms with Crippen molar-refractivity contribution >= 4 is 35.0 Å². The molecule has 0 saturated carbocycles. The maximum atomic E-state index is 6.37. The van der Waals surface area contributed by atoms with Crippen LogP contribution in [0.15, 0.2) is 197 Å². The highest BCUT2D eigenvalue weighted by Gasteiger charge is 2.42. The van der Waals surface area contributed by atoms with Gasteiger partial charge in [-0.1, -0.05) is 146 Å². The van der Waals surface area contributed by atoms with E-state index in [1.54, 1.807) is 0 Å². The molecule has 5 aromatic carbocycles. The van der Waals surface area contributed by atoms with Crippen molar-refractivity contribution in [1.82, 2.24) is 10.2 Å². The van der Waals surface area contributed by atoms with Crippen LogP contribution in [0.25, 0.3) is 11.5 Å². The molecular formula is C45H39N3OSi. The molecule has 5 heteroatoms. The minimum atomic E-state index is -2.58. The highest BCUT2D eigenvalue weighted by atomic mass is 28.3. The number of nitrogens with zero attached hydrogens (tertiary/aromatic N) is 3. The van der Waals surface area contributed by atoms with E-state index < -0.39 is 8.07 Å². The third-order valence-electron chi connectivity index (χ3n) is 9.85. The zero-order chi connectivity index (χ0) is 33.8. The molecular weight excluding hydrogens is 627 g/mol. The number of anilines is 2. The van der Waals surface area contributed by atoms with Crippen LogP contribution < -0.4 is 20.5 Å². The molecule has 0 aliphatic heterocycles. The molecule has 4 nitrogen and oxygen atoms in total. The topological polar surface area (TPSA) is 42.2 Å². The van der Waals surface area contributed by atoms with E-state index in [-0.39, 0.29) is 5.92 Å². The van der Waals surface area contributed by atoms with Crippen LogP contribution in [-0.2, 0) is 0 Å². The maximum Gasteiger partial charge on any atom is 0.247 e. The van der Waals surface area contributed by atoms with Crippen LogP contribution in [0, 0.1) is 5.92 Å². The van der Waals surface area contributed by atoms with Gasteiger partial charge < -0.3 is 9.32 Å². The Hall–Kier alpha value is -5.78. The van der Waals surface area contributed by atoms with Gasteiger partial charge in [-0.25, -0.2) is 0 Å². The lowest BCUT2D eigenvalue weighted by molar-refractivity contribution is 0.483. The SMILES string of the molecule is CC1C=CC([Si](c2ccccc2)(c2ccccc2)c2ccc(-c3nnc(C4C=CC(N(c5ccccc5)c5ccccc5)=CC4)o3)cc2)=CC1. The number of para-hydroxylation sites is 2. The van der Waals surface area contributed by atoms with E-state index in [2.05, 4.69) is 192 Å². The minimum absolute atomic E-state index is 0.0105. The van der Waals surface area contributed by atoms with Crippen molar-refractivity contribution in [2.24, 2.45) is 5.92 Å². The average Bonchev–Trinajstić information content (AvgIpc) is 3.69. The van der Waals surface area contributed by atoms with E-state index in [1.807, 2.05) is 12.1 Å². The van der Waals surface area contributed by atoms with Gasteiger partial charge in [-0.15, -0.1) is 10.2 Å². The standard InChI is InChI=1S/C45H39N3OSi/c1-34-22-30-42(31-23-34)50(40-18-10-4-11-19-40,41-20-12-5-13-21-41)43-32-26-36(27-33-43)45-47-46-44(49-45)35-24-28-39(29-25-35)48(37-14-6-2-7-15-37)38-16-8-3-9-17-38/h2-22,24,26-35H,23,25H2,1H3. The molecule has 0 fully saturated rings. The molecule has 0 spiro atoms. The lowest BCUT2D eigenvalue weighted by Crippen LogP contribution is -2.68. The Balaban J connectivity index is 1.09. The summed E-state index contributed by atoms with van der Waals surface area (Å²) in [6.45, 7) is 2.29. The molecule has 2 aliphatic rings. The fourth-order valence-electron chi connectivity index (χ4n) is 7.31. The van der Waals surface area contributed by atoms with Gasteiger partial charge >= 0.3 is 0 Å². The molecule has 2 unspecified atom stereocenters. The first-order chi connectivity index (χ1) is 24.7. The van der Waals surface area contributed by atoms with Gasteiger partial charge in [0.05, 0.1) is 5.92 Å². The molecule has 0 radical (unpaired) electrons. The van der Waals surface area contributed by atoms with Gasteiger partial charge in [0.2, 0.25) is 11.8 Å². The van der Waals surface area contributed by atoms with Gasteiger partial charge in [-0.05, 0) is 82.0 Å². The first kappa shape index (κ1) is 31.5. The van der Waals surface area contributed by atoms with Crippen LogP contribution in [0.2, 0.25) is 0 Å². The van der Waals surface area contributed by atoms with E-state index in [1.165, 1.54) is 20.8 Å². The van der Waals surface area contributed by atoms with Gasteiger partial charge in [-0.2, -0.15) is 0 Å². The van der Waals surface area contributed by atoms with Crippen LogP contribution in [0.4, 0.5) is 11.4 Å². The second-order valence-electron chi connectivity index (χ2n) is 13.1. The fourth-order valence-corrected chi connectivity index (χ4v) is 12.1. The van der Waals surface area contributed by atoms with Crippen LogP contribution >= 0.6 is 0 Å². The number of hydrogen-bond donors (Lipinski definition) is 0. The third-order valence-corrected chi connectivity index (χ3v) is 14.7. The summed E-state index contributed by atoms with van der Waals surface area (Å²) in [4.78, 5) is 2.28. The Kier molecular flexibility index (Phi) is 8.80. The number of allylic oxidation sites excluding steroid dienone is 7. The van der Waals surface area contributed by atoms with Crippen molar-refractivity contribution in [3.63, 3.8) is 0 Å². The lowest BCUT2D eigenvalue weighted by Gasteiger charge is -2.36. The number of aromatic nitrogens is 2. The van der Waals surface area contributed by atoms with Gasteiger partial charge in [-0.3, -0.25) is 0 Å². The Morgan fingerprint density at radius 2 is 1.14 bits per heavy atom. The first-order valence-corrected chi connectivity index (χ1v) is 19.4. The van der Waals surface area contributed by atoms with Crippen molar-refractivity contribution in [2.75, 3.05) is 4.90 Å². The van der Waals surface area contributed by atoms with E-state index >= 15 is 0 Å². The Bertz CT molecular complexity index is 2090. The predicted molar refractivity (Wildman–Crippen MR) is 208 cm³/mol. The van der Waals surface area contributed by atoms with Gasteiger partial charge in [0, 0.05) is 22.6 Å². The molecule has 0 saturated heterocycles. The summed E-state index contributed by atoms with van der Waals surface area (Å²) in [5.41, 5.74) is 4.28. The Morgan fingerprint density at radius 3 is 1.66 bits per heavy atom. The minimum Gasteiger partial charge on any atom is -0.420 e. The van der Waals surface area contributed by atoms with Crippen molar-refractivity contribution < 1.29 is 4.42 Å². The second kappa shape index (κ2) is 14.0. The average molecular weight is 666 g/mol.